The highest BCUT2D eigenvalue weighted by Gasteiger charge is 2.41. The van der Waals surface area contributed by atoms with Crippen LogP contribution in [0.25, 0.3) is 0 Å². The number of hydrogen-bond donors (Lipinski definition) is 1. The van der Waals surface area contributed by atoms with Gasteiger partial charge in [0.2, 0.25) is 11.7 Å². The lowest BCUT2D eigenvalue weighted by Crippen LogP contribution is -2.45. The number of nitrogens with one attached hydrogen (secondary N) is 1. The Kier molecular flexibility index (Phi) is 2.42. The predicted molar refractivity (Wildman–Crippen MR) is 68.6 cm³/mol. The van der Waals surface area contributed by atoms with Gasteiger partial charge < -0.3 is 5.32 Å². The average Bonchev–Trinajstić information content (AvgIpc) is 2.42. The number of Topliss-reactive ketones (excluding diaryl/α,β-unsaturated/α-hetero) is 2. The monoisotopic (exact) mass is 255 g/mol. The summed E-state index contributed by atoms with van der Waals surface area (Å²) in [6.07, 6.45) is 0. The number of benzene rings is 1. The molecular formula is C15H13NO3. The molecule has 0 unspecified atom stereocenters. The van der Waals surface area contributed by atoms with E-state index >= 15 is 0 Å². The van der Waals surface area contributed by atoms with Crippen LogP contribution >= 0.6 is 0 Å². The average molecular weight is 255 g/mol. The van der Waals surface area contributed by atoms with E-state index in [4.69, 9.17) is 0 Å². The molecule has 2 aliphatic rings. The van der Waals surface area contributed by atoms with Crippen LogP contribution < -0.4 is 5.32 Å². The van der Waals surface area contributed by atoms with Gasteiger partial charge in [-0.05, 0) is 5.92 Å². The molecule has 96 valence electrons. The van der Waals surface area contributed by atoms with Crippen LogP contribution in [0.5, 0.6) is 0 Å². The fraction of sp³-hybridized carbons (Fsp3) is 0.267. The van der Waals surface area contributed by atoms with Gasteiger partial charge in [0, 0.05) is 22.6 Å². The minimum atomic E-state index is -0.305. The third kappa shape index (κ3) is 1.49. The van der Waals surface area contributed by atoms with Crippen molar-refractivity contribution in [3.63, 3.8) is 0 Å². The smallest absolute Gasteiger partial charge is 0.227 e. The van der Waals surface area contributed by atoms with Gasteiger partial charge in [0.25, 0.3) is 0 Å². The molecule has 0 fully saturated rings. The molecule has 1 aliphatic heterocycles. The number of hydrogen-bond acceptors (Lipinski definition) is 3. The van der Waals surface area contributed by atoms with Crippen molar-refractivity contribution in [3.05, 3.63) is 46.7 Å². The second kappa shape index (κ2) is 3.88. The van der Waals surface area contributed by atoms with Gasteiger partial charge >= 0.3 is 0 Å². The van der Waals surface area contributed by atoms with Crippen LogP contribution in [-0.4, -0.2) is 17.5 Å². The maximum absolute atomic E-state index is 12.5. The molecule has 2 atom stereocenters. The fourth-order valence-electron chi connectivity index (χ4n) is 2.67. The summed E-state index contributed by atoms with van der Waals surface area (Å²) in [5, 5.41) is 2.59. The van der Waals surface area contributed by atoms with Gasteiger partial charge in [0.05, 0.1) is 5.70 Å². The predicted octanol–water partition coefficient (Wildman–Crippen LogP) is 1.72. The number of carbonyl (C=O) groups excluding carboxylic acids is 3. The second-order valence-corrected chi connectivity index (χ2v) is 5.06. The molecule has 0 spiro atoms. The lowest BCUT2D eigenvalue weighted by Gasteiger charge is -2.32. The zero-order valence-corrected chi connectivity index (χ0v) is 10.7. The van der Waals surface area contributed by atoms with Gasteiger partial charge in [-0.2, -0.15) is 0 Å². The third-order valence-electron chi connectivity index (χ3n) is 4.02. The molecule has 1 aromatic rings. The van der Waals surface area contributed by atoms with Crippen molar-refractivity contribution in [1.82, 2.24) is 5.32 Å². The Morgan fingerprint density at radius 2 is 1.47 bits per heavy atom. The summed E-state index contributed by atoms with van der Waals surface area (Å²) in [4.78, 5) is 36.7. The van der Waals surface area contributed by atoms with Gasteiger partial charge in [-0.25, -0.2) is 0 Å². The third-order valence-corrected chi connectivity index (χ3v) is 4.02. The van der Waals surface area contributed by atoms with Crippen LogP contribution in [0, 0.1) is 11.8 Å². The molecule has 3 rings (SSSR count). The van der Waals surface area contributed by atoms with E-state index in [9.17, 15) is 14.4 Å². The fourth-order valence-corrected chi connectivity index (χ4v) is 2.67. The Morgan fingerprint density at radius 3 is 2.11 bits per heavy atom. The van der Waals surface area contributed by atoms with Crippen molar-refractivity contribution < 1.29 is 14.4 Å². The molecule has 0 bridgehead atoms. The quantitative estimate of drug-likeness (QED) is 0.767. The van der Waals surface area contributed by atoms with Gasteiger partial charge in [-0.3, -0.25) is 14.4 Å². The zero-order valence-electron chi connectivity index (χ0n) is 10.7. The number of rotatable bonds is 0. The summed E-state index contributed by atoms with van der Waals surface area (Å²) in [6, 6.07) is 6.73. The van der Waals surface area contributed by atoms with E-state index in [1.54, 1.807) is 31.2 Å². The Hall–Kier alpha value is -2.23. The van der Waals surface area contributed by atoms with Crippen molar-refractivity contribution >= 4 is 17.5 Å². The Labute approximate surface area is 110 Å². The minimum Gasteiger partial charge on any atom is -0.322 e. The maximum Gasteiger partial charge on any atom is 0.227 e. The summed E-state index contributed by atoms with van der Waals surface area (Å²) < 4.78 is 0. The first-order chi connectivity index (χ1) is 9.02. The molecule has 1 heterocycles. The Morgan fingerprint density at radius 1 is 0.895 bits per heavy atom. The normalized spacial score (nSPS) is 25.9. The molecule has 0 aromatic heterocycles. The standard InChI is InChI=1S/C15H13NO3/c1-7-8(2)15(19)16-12-11(7)13(17)9-5-3-4-6-10(9)14(12)18/h3-8H,1-2H3,(H,16,19)/t7-,8+/m1/s1. The largest absolute Gasteiger partial charge is 0.322 e. The van der Waals surface area contributed by atoms with Crippen molar-refractivity contribution in [3.8, 4) is 0 Å². The number of fused-ring (bicyclic) bond motifs is 1. The molecule has 1 N–H and O–H groups in total. The highest BCUT2D eigenvalue weighted by molar-refractivity contribution is 6.28. The highest BCUT2D eigenvalue weighted by atomic mass is 16.2. The second-order valence-electron chi connectivity index (χ2n) is 5.06. The molecule has 1 aromatic carbocycles. The van der Waals surface area contributed by atoms with E-state index < -0.39 is 0 Å². The Balaban J connectivity index is 2.23. The van der Waals surface area contributed by atoms with Crippen LogP contribution in [0.15, 0.2) is 35.5 Å². The van der Waals surface area contributed by atoms with Gasteiger partial charge in [-0.1, -0.05) is 38.1 Å². The SMILES string of the molecule is C[C@@H]1C(=O)NC2=C(C(=O)c3ccccc3C2=O)[C@@H]1C. The summed E-state index contributed by atoms with van der Waals surface area (Å²) in [7, 11) is 0. The molecule has 0 saturated carbocycles. The van der Waals surface area contributed by atoms with Crippen LogP contribution in [-0.2, 0) is 4.79 Å². The van der Waals surface area contributed by atoms with Crippen molar-refractivity contribution in [2.75, 3.05) is 0 Å². The molecule has 1 amide bonds. The summed E-state index contributed by atoms with van der Waals surface area (Å²) >= 11 is 0. The van der Waals surface area contributed by atoms with Gasteiger partial charge in [-0.15, -0.1) is 0 Å². The van der Waals surface area contributed by atoms with Crippen LogP contribution in [0.2, 0.25) is 0 Å². The lowest BCUT2D eigenvalue weighted by molar-refractivity contribution is -0.125. The van der Waals surface area contributed by atoms with Crippen molar-refractivity contribution in [1.29, 1.82) is 0 Å². The first-order valence-electron chi connectivity index (χ1n) is 6.26. The minimum absolute atomic E-state index is 0.149. The molecule has 0 saturated heterocycles. The number of allylic oxidation sites excluding steroid dienone is 2. The summed E-state index contributed by atoms with van der Waals surface area (Å²) in [6.45, 7) is 3.58. The van der Waals surface area contributed by atoms with E-state index in [2.05, 4.69) is 5.32 Å². The highest BCUT2D eigenvalue weighted by Crippen LogP contribution is 2.35. The number of ketones is 2. The molecule has 4 nitrogen and oxygen atoms in total. The van der Waals surface area contributed by atoms with E-state index in [1.807, 2.05) is 6.92 Å². The van der Waals surface area contributed by atoms with E-state index in [1.165, 1.54) is 0 Å². The van der Waals surface area contributed by atoms with E-state index in [0.29, 0.717) is 16.7 Å². The zero-order chi connectivity index (χ0) is 13.7. The van der Waals surface area contributed by atoms with E-state index in [-0.39, 0.29) is 35.0 Å². The summed E-state index contributed by atoms with van der Waals surface area (Å²) in [5.41, 5.74) is 1.41. The number of amides is 1. The first kappa shape index (κ1) is 11.8. The molecule has 4 heteroatoms. The van der Waals surface area contributed by atoms with Crippen LogP contribution in [0.3, 0.4) is 0 Å². The van der Waals surface area contributed by atoms with Gasteiger partial charge in [0.1, 0.15) is 0 Å². The van der Waals surface area contributed by atoms with Crippen molar-refractivity contribution in [2.24, 2.45) is 11.8 Å². The van der Waals surface area contributed by atoms with Crippen LogP contribution in [0.1, 0.15) is 34.6 Å². The maximum atomic E-state index is 12.5. The number of carbonyl (C=O) groups is 3. The Bertz CT molecular complexity index is 657. The molecule has 1 aliphatic carbocycles. The molecular weight excluding hydrogens is 242 g/mol. The lowest BCUT2D eigenvalue weighted by atomic mass is 9.75. The topological polar surface area (TPSA) is 63.2 Å². The van der Waals surface area contributed by atoms with Gasteiger partial charge in [0.15, 0.2) is 5.78 Å². The van der Waals surface area contributed by atoms with Crippen LogP contribution in [0.4, 0.5) is 0 Å². The first-order valence-corrected chi connectivity index (χ1v) is 6.26. The summed E-state index contributed by atoms with van der Waals surface area (Å²) in [5.74, 6) is -1.16. The van der Waals surface area contributed by atoms with E-state index in [0.717, 1.165) is 0 Å². The molecule has 19 heavy (non-hydrogen) atoms. The van der Waals surface area contributed by atoms with Crippen molar-refractivity contribution in [2.45, 2.75) is 13.8 Å². The molecule has 0 radical (unpaired) electrons.